The Morgan fingerprint density at radius 3 is 2.61 bits per heavy atom. The maximum absolute atomic E-state index is 11.3. The Morgan fingerprint density at radius 1 is 1.30 bits per heavy atom. The Labute approximate surface area is 133 Å². The number of ether oxygens (including phenoxy) is 3. The van der Waals surface area contributed by atoms with Gasteiger partial charge in [-0.1, -0.05) is 6.07 Å². The van der Waals surface area contributed by atoms with Gasteiger partial charge in [-0.2, -0.15) is 0 Å². The van der Waals surface area contributed by atoms with Crippen LogP contribution in [0.1, 0.15) is 6.92 Å². The number of carbonyl (C=O) groups excluding carboxylic acids is 1. The summed E-state index contributed by atoms with van der Waals surface area (Å²) in [6.07, 6.45) is -4.80. The highest BCUT2D eigenvalue weighted by molar-refractivity contribution is 5.73. The third-order valence-electron chi connectivity index (χ3n) is 3.54. The monoisotopic (exact) mass is 327 g/mol. The average molecular weight is 327 g/mol. The molecule has 2 rings (SSSR count). The lowest BCUT2D eigenvalue weighted by atomic mass is 9.97. The van der Waals surface area contributed by atoms with Crippen LogP contribution in [0, 0.1) is 0 Å². The topological polar surface area (TPSA) is 117 Å². The lowest BCUT2D eigenvalue weighted by Gasteiger charge is -2.42. The lowest BCUT2D eigenvalue weighted by molar-refractivity contribution is -0.244. The molecule has 4 N–H and O–H groups in total. The standard InChI is InChI=1S/C15H21NO7/c1-8(18)16-12-14(20)13(19)11(7-17)23-15(12)22-10-5-3-4-9(6-10)21-2/h3-6,11-15,17,19-20H,7H2,1-2H3,(H,16,18)/t11-,12+,13+,14+,15-/m0/s1. The Balaban J connectivity index is 2.21. The molecule has 1 aromatic carbocycles. The van der Waals surface area contributed by atoms with Gasteiger partial charge in [-0.3, -0.25) is 4.79 Å². The minimum absolute atomic E-state index is 0.394. The molecule has 1 aliphatic heterocycles. The molecule has 1 saturated heterocycles. The van der Waals surface area contributed by atoms with Crippen LogP contribution < -0.4 is 14.8 Å². The van der Waals surface area contributed by atoms with Gasteiger partial charge in [-0.25, -0.2) is 0 Å². The van der Waals surface area contributed by atoms with E-state index in [0.717, 1.165) is 0 Å². The minimum Gasteiger partial charge on any atom is -0.497 e. The van der Waals surface area contributed by atoms with Gasteiger partial charge in [0.2, 0.25) is 12.2 Å². The van der Waals surface area contributed by atoms with E-state index in [1.54, 1.807) is 24.3 Å². The van der Waals surface area contributed by atoms with Crippen molar-refractivity contribution in [3.8, 4) is 11.5 Å². The van der Waals surface area contributed by atoms with E-state index in [2.05, 4.69) is 5.32 Å². The average Bonchev–Trinajstić information content (AvgIpc) is 2.54. The molecule has 0 unspecified atom stereocenters. The van der Waals surface area contributed by atoms with Crippen LogP contribution in [0.15, 0.2) is 24.3 Å². The molecule has 0 aromatic heterocycles. The highest BCUT2D eigenvalue weighted by Gasteiger charge is 2.46. The smallest absolute Gasteiger partial charge is 0.223 e. The van der Waals surface area contributed by atoms with Gasteiger partial charge in [0.15, 0.2) is 0 Å². The Kier molecular flexibility index (Phi) is 5.78. The Bertz CT molecular complexity index is 538. The van der Waals surface area contributed by atoms with Gasteiger partial charge in [-0.05, 0) is 12.1 Å². The summed E-state index contributed by atoms with van der Waals surface area (Å²) in [4.78, 5) is 11.3. The fraction of sp³-hybridized carbons (Fsp3) is 0.533. The molecule has 1 fully saturated rings. The molecule has 0 radical (unpaired) electrons. The zero-order chi connectivity index (χ0) is 17.0. The molecular weight excluding hydrogens is 306 g/mol. The van der Waals surface area contributed by atoms with E-state index < -0.39 is 43.2 Å². The van der Waals surface area contributed by atoms with Crippen LogP contribution in [0.2, 0.25) is 0 Å². The van der Waals surface area contributed by atoms with Crippen LogP contribution in [0.5, 0.6) is 11.5 Å². The van der Waals surface area contributed by atoms with E-state index in [0.29, 0.717) is 11.5 Å². The molecule has 128 valence electrons. The molecule has 0 aliphatic carbocycles. The van der Waals surface area contributed by atoms with Crippen LogP contribution in [-0.4, -0.2) is 65.6 Å². The van der Waals surface area contributed by atoms with E-state index in [4.69, 9.17) is 14.2 Å². The zero-order valence-electron chi connectivity index (χ0n) is 12.9. The summed E-state index contributed by atoms with van der Waals surface area (Å²) in [6, 6.07) is 5.71. The molecule has 8 heteroatoms. The first-order valence-corrected chi connectivity index (χ1v) is 7.16. The van der Waals surface area contributed by atoms with Gasteiger partial charge >= 0.3 is 0 Å². The Morgan fingerprint density at radius 2 is 2.00 bits per heavy atom. The number of hydrogen-bond acceptors (Lipinski definition) is 7. The van der Waals surface area contributed by atoms with Gasteiger partial charge < -0.3 is 34.8 Å². The van der Waals surface area contributed by atoms with Gasteiger partial charge in [0.05, 0.1) is 13.7 Å². The normalized spacial score (nSPS) is 30.6. The van der Waals surface area contributed by atoms with Crippen molar-refractivity contribution in [3.63, 3.8) is 0 Å². The molecule has 23 heavy (non-hydrogen) atoms. The molecule has 1 amide bonds. The summed E-state index contributed by atoms with van der Waals surface area (Å²) < 4.78 is 16.2. The highest BCUT2D eigenvalue weighted by Crippen LogP contribution is 2.26. The summed E-state index contributed by atoms with van der Waals surface area (Å²) in [7, 11) is 1.51. The van der Waals surface area contributed by atoms with Gasteiger partial charge in [-0.15, -0.1) is 0 Å². The van der Waals surface area contributed by atoms with Crippen LogP contribution in [0.25, 0.3) is 0 Å². The number of methoxy groups -OCH3 is 1. The zero-order valence-corrected chi connectivity index (χ0v) is 12.9. The van der Waals surface area contributed by atoms with Crippen molar-refractivity contribution in [1.29, 1.82) is 0 Å². The molecule has 1 aromatic rings. The number of carbonyl (C=O) groups is 1. The van der Waals surface area contributed by atoms with Gasteiger partial charge in [0.1, 0.15) is 35.9 Å². The third-order valence-corrected chi connectivity index (χ3v) is 3.54. The molecule has 0 bridgehead atoms. The van der Waals surface area contributed by atoms with E-state index in [1.165, 1.54) is 14.0 Å². The van der Waals surface area contributed by atoms with Crippen molar-refractivity contribution in [2.45, 2.75) is 37.6 Å². The van der Waals surface area contributed by atoms with Gasteiger partial charge in [0.25, 0.3) is 0 Å². The number of hydrogen-bond donors (Lipinski definition) is 4. The number of nitrogens with one attached hydrogen (secondary N) is 1. The Hall–Kier alpha value is -1.87. The summed E-state index contributed by atoms with van der Waals surface area (Å²) >= 11 is 0. The quantitative estimate of drug-likeness (QED) is 0.549. The number of rotatable bonds is 5. The van der Waals surface area contributed by atoms with E-state index >= 15 is 0 Å². The van der Waals surface area contributed by atoms with E-state index in [9.17, 15) is 20.1 Å². The first-order chi connectivity index (χ1) is 11.0. The summed E-state index contributed by atoms with van der Waals surface area (Å²) in [5.74, 6) is 0.546. The fourth-order valence-corrected chi connectivity index (χ4v) is 2.38. The molecule has 1 aliphatic rings. The second-order valence-corrected chi connectivity index (χ2v) is 5.23. The number of aliphatic hydroxyl groups excluding tert-OH is 3. The molecule has 5 atom stereocenters. The number of aliphatic hydroxyl groups is 3. The highest BCUT2D eigenvalue weighted by atomic mass is 16.7. The van der Waals surface area contributed by atoms with Gasteiger partial charge in [0, 0.05) is 13.0 Å². The summed E-state index contributed by atoms with van der Waals surface area (Å²) in [5, 5.41) is 31.8. The molecular formula is C15H21NO7. The number of benzene rings is 1. The molecule has 1 heterocycles. The van der Waals surface area contributed by atoms with Crippen molar-refractivity contribution in [2.75, 3.05) is 13.7 Å². The molecule has 0 saturated carbocycles. The van der Waals surface area contributed by atoms with Crippen LogP contribution in [0.4, 0.5) is 0 Å². The second kappa shape index (κ2) is 7.60. The van der Waals surface area contributed by atoms with Crippen LogP contribution >= 0.6 is 0 Å². The van der Waals surface area contributed by atoms with Crippen molar-refractivity contribution in [1.82, 2.24) is 5.32 Å². The van der Waals surface area contributed by atoms with E-state index in [-0.39, 0.29) is 0 Å². The first kappa shape index (κ1) is 17.5. The van der Waals surface area contributed by atoms with Crippen molar-refractivity contribution in [2.24, 2.45) is 0 Å². The molecule has 0 spiro atoms. The van der Waals surface area contributed by atoms with Crippen molar-refractivity contribution < 1.29 is 34.3 Å². The largest absolute Gasteiger partial charge is 0.497 e. The maximum Gasteiger partial charge on any atom is 0.223 e. The summed E-state index contributed by atoms with van der Waals surface area (Å²) in [5.41, 5.74) is 0. The van der Waals surface area contributed by atoms with Crippen molar-refractivity contribution >= 4 is 5.91 Å². The number of amides is 1. The summed E-state index contributed by atoms with van der Waals surface area (Å²) in [6.45, 7) is 0.781. The first-order valence-electron chi connectivity index (χ1n) is 7.16. The van der Waals surface area contributed by atoms with Crippen LogP contribution in [0.3, 0.4) is 0 Å². The SMILES string of the molecule is COc1cccc(O[C@H]2O[C@@H](CO)[C@@H](O)[C@H](O)[C@H]2NC(C)=O)c1. The predicted molar refractivity (Wildman–Crippen MR) is 79.0 cm³/mol. The van der Waals surface area contributed by atoms with Crippen LogP contribution in [-0.2, 0) is 9.53 Å². The minimum atomic E-state index is -1.35. The van der Waals surface area contributed by atoms with Crippen molar-refractivity contribution in [3.05, 3.63) is 24.3 Å². The maximum atomic E-state index is 11.3. The molecule has 8 nitrogen and oxygen atoms in total. The second-order valence-electron chi connectivity index (χ2n) is 5.23. The lowest BCUT2D eigenvalue weighted by Crippen LogP contribution is -2.65. The predicted octanol–water partition coefficient (Wildman–Crippen LogP) is -0.982. The fourth-order valence-electron chi connectivity index (χ4n) is 2.38. The van der Waals surface area contributed by atoms with E-state index in [1.807, 2.05) is 0 Å². The third kappa shape index (κ3) is 4.11.